The molecule has 0 spiro atoms. The molecule has 2 saturated heterocycles. The molecular weight excluding hydrogens is 574 g/mol. The molecule has 226 valence electrons. The number of anilines is 1. The Hall–Kier alpha value is -4.05. The van der Waals surface area contributed by atoms with Crippen LogP contribution >= 0.6 is 11.6 Å². The summed E-state index contributed by atoms with van der Waals surface area (Å²) in [5.41, 5.74) is -0.346. The number of nitrogens with one attached hydrogen (secondary N) is 1. The van der Waals surface area contributed by atoms with Gasteiger partial charge in [-0.2, -0.15) is 0 Å². The molecule has 3 aliphatic rings. The van der Waals surface area contributed by atoms with Crippen LogP contribution in [0.5, 0.6) is 11.5 Å². The van der Waals surface area contributed by atoms with Crippen LogP contribution in [0.1, 0.15) is 43.9 Å². The summed E-state index contributed by atoms with van der Waals surface area (Å²) in [5, 5.41) is 4.14. The van der Waals surface area contributed by atoms with Gasteiger partial charge in [0, 0.05) is 18.8 Å². The number of hydrogen-bond donors (Lipinski definition) is 1. The number of amides is 2. The van der Waals surface area contributed by atoms with Crippen molar-refractivity contribution in [2.45, 2.75) is 56.3 Å². The fourth-order valence-electron chi connectivity index (χ4n) is 7.41. The molecule has 2 amide bonds. The van der Waals surface area contributed by atoms with Gasteiger partial charge in [-0.15, -0.1) is 11.6 Å². The second kappa shape index (κ2) is 10.6. The molecule has 5 unspecified atom stereocenters. The van der Waals surface area contributed by atoms with Crippen LogP contribution in [-0.2, 0) is 19.8 Å². The molecule has 0 bridgehead atoms. The van der Waals surface area contributed by atoms with Gasteiger partial charge in [0.25, 0.3) is 0 Å². The van der Waals surface area contributed by atoms with E-state index in [0.29, 0.717) is 17.6 Å². The van der Waals surface area contributed by atoms with Crippen LogP contribution in [-0.4, -0.2) is 72.8 Å². The summed E-state index contributed by atoms with van der Waals surface area (Å²) in [5.74, 6) is -1.24. The summed E-state index contributed by atoms with van der Waals surface area (Å²) >= 11 is 6.27. The van der Waals surface area contributed by atoms with E-state index in [1.54, 1.807) is 30.1 Å². The lowest BCUT2D eigenvalue weighted by Gasteiger charge is -2.43. The third-order valence-electron chi connectivity index (χ3n) is 9.22. The Labute approximate surface area is 253 Å². The van der Waals surface area contributed by atoms with Crippen LogP contribution in [0, 0.1) is 5.92 Å². The lowest BCUT2D eigenvalue weighted by atomic mass is 9.65. The SMILES string of the molecule is COc1cc(OC)c2c(=O)oc(C(C(=O)CCl)C34CC5C(=O)N(C)C(CC(C)C)C(=O)N5C3Nc3ccccc34)cc2c1. The molecule has 0 aliphatic carbocycles. The van der Waals surface area contributed by atoms with Crippen molar-refractivity contribution in [3.8, 4) is 11.5 Å². The highest BCUT2D eigenvalue weighted by atomic mass is 35.5. The van der Waals surface area contributed by atoms with Crippen LogP contribution in [0.3, 0.4) is 0 Å². The summed E-state index contributed by atoms with van der Waals surface area (Å²) in [7, 11) is 4.61. The fraction of sp³-hybridized carbons (Fsp3) is 0.438. The van der Waals surface area contributed by atoms with Crippen molar-refractivity contribution in [2.24, 2.45) is 5.92 Å². The summed E-state index contributed by atoms with van der Waals surface area (Å²) in [6.45, 7) is 4.02. The van der Waals surface area contributed by atoms with E-state index in [1.165, 1.54) is 19.1 Å². The third kappa shape index (κ3) is 4.21. The van der Waals surface area contributed by atoms with Crippen LogP contribution in [0.15, 0.2) is 51.7 Å². The number of methoxy groups -OCH3 is 2. The number of Topliss-reactive ketones (excluding diaryl/α,β-unsaturated/α-hetero) is 1. The quantitative estimate of drug-likeness (QED) is 0.383. The number of rotatable bonds is 8. The molecule has 4 heterocycles. The predicted molar refractivity (Wildman–Crippen MR) is 161 cm³/mol. The van der Waals surface area contributed by atoms with Crippen LogP contribution in [0.4, 0.5) is 5.69 Å². The van der Waals surface area contributed by atoms with Crippen LogP contribution in [0.2, 0.25) is 0 Å². The molecule has 3 aromatic rings. The minimum Gasteiger partial charge on any atom is -0.497 e. The molecule has 2 aromatic carbocycles. The van der Waals surface area contributed by atoms with Crippen LogP contribution < -0.4 is 20.4 Å². The van der Waals surface area contributed by atoms with Crippen LogP contribution in [0.25, 0.3) is 10.8 Å². The van der Waals surface area contributed by atoms with E-state index in [-0.39, 0.29) is 46.9 Å². The molecule has 10 nitrogen and oxygen atoms in total. The fourth-order valence-corrected chi connectivity index (χ4v) is 7.56. The van der Waals surface area contributed by atoms with Gasteiger partial charge in [0.1, 0.15) is 40.9 Å². The molecule has 0 radical (unpaired) electrons. The van der Waals surface area contributed by atoms with E-state index in [1.807, 2.05) is 38.1 Å². The molecule has 1 aromatic heterocycles. The smallest absolute Gasteiger partial charge is 0.347 e. The van der Waals surface area contributed by atoms with Gasteiger partial charge in [0.05, 0.1) is 31.4 Å². The molecule has 43 heavy (non-hydrogen) atoms. The molecule has 2 fully saturated rings. The van der Waals surface area contributed by atoms with Crippen molar-refractivity contribution in [1.29, 1.82) is 0 Å². The molecule has 11 heteroatoms. The monoisotopic (exact) mass is 607 g/mol. The average molecular weight is 608 g/mol. The van der Waals surface area contributed by atoms with Gasteiger partial charge >= 0.3 is 5.63 Å². The minimum absolute atomic E-state index is 0.0915. The number of alkyl halides is 1. The van der Waals surface area contributed by atoms with Crippen molar-refractivity contribution in [1.82, 2.24) is 9.80 Å². The normalized spacial score (nSPS) is 25.0. The van der Waals surface area contributed by atoms with Crippen molar-refractivity contribution >= 4 is 45.7 Å². The number of para-hydroxylation sites is 1. The summed E-state index contributed by atoms with van der Waals surface area (Å²) in [6.07, 6.45) is -0.112. The second-order valence-electron chi connectivity index (χ2n) is 12.0. The van der Waals surface area contributed by atoms with Gasteiger partial charge < -0.3 is 29.0 Å². The van der Waals surface area contributed by atoms with E-state index in [2.05, 4.69) is 5.32 Å². The first kappa shape index (κ1) is 29.0. The molecule has 5 atom stereocenters. The number of hydrogen-bond acceptors (Lipinski definition) is 8. The number of piperazine rings is 1. The van der Waals surface area contributed by atoms with E-state index in [4.69, 9.17) is 25.5 Å². The van der Waals surface area contributed by atoms with E-state index < -0.39 is 41.0 Å². The zero-order chi connectivity index (χ0) is 30.8. The van der Waals surface area contributed by atoms with Gasteiger partial charge in [0.2, 0.25) is 11.8 Å². The number of halogens is 1. The molecule has 0 saturated carbocycles. The Morgan fingerprint density at radius 1 is 1.12 bits per heavy atom. The highest BCUT2D eigenvalue weighted by Gasteiger charge is 2.68. The zero-order valence-electron chi connectivity index (χ0n) is 24.7. The Kier molecular flexibility index (Phi) is 7.15. The van der Waals surface area contributed by atoms with Gasteiger partial charge in [-0.05, 0) is 47.9 Å². The topological polar surface area (TPSA) is 118 Å². The number of benzene rings is 2. The summed E-state index contributed by atoms with van der Waals surface area (Å²) in [4.78, 5) is 58.8. The van der Waals surface area contributed by atoms with Gasteiger partial charge in [0.15, 0.2) is 5.78 Å². The number of fused-ring (bicyclic) bond motifs is 6. The van der Waals surface area contributed by atoms with Gasteiger partial charge in [-0.3, -0.25) is 14.4 Å². The Morgan fingerprint density at radius 3 is 2.53 bits per heavy atom. The zero-order valence-corrected chi connectivity index (χ0v) is 25.4. The first-order valence-electron chi connectivity index (χ1n) is 14.3. The van der Waals surface area contributed by atoms with E-state index >= 15 is 0 Å². The molecular formula is C32H34ClN3O7. The molecule has 1 N–H and O–H groups in total. The van der Waals surface area contributed by atoms with E-state index in [0.717, 1.165) is 11.3 Å². The number of ether oxygens (including phenoxy) is 2. The maximum absolute atomic E-state index is 14.2. The first-order chi connectivity index (χ1) is 20.6. The first-order valence-corrected chi connectivity index (χ1v) is 14.8. The van der Waals surface area contributed by atoms with Gasteiger partial charge in [-0.1, -0.05) is 32.0 Å². The summed E-state index contributed by atoms with van der Waals surface area (Å²) < 4.78 is 16.8. The highest BCUT2D eigenvalue weighted by molar-refractivity contribution is 6.28. The standard InChI is InChI=1S/C32H34ClN3O7/c1-16(2)10-21-29(39)36-22(28(38)35(21)3)14-32(19-8-6-7-9-20(19)34-31(32)36)27(23(37)15-33)25-12-17-11-18(41-4)13-24(42-5)26(17)30(40)43-25/h6-9,11-13,16,21-22,27,31,34H,10,14-15H2,1-5H3. The van der Waals surface area contributed by atoms with Gasteiger partial charge in [-0.25, -0.2) is 4.79 Å². The Morgan fingerprint density at radius 2 is 1.86 bits per heavy atom. The lowest BCUT2D eigenvalue weighted by molar-refractivity contribution is -0.160. The number of carbonyl (C=O) groups excluding carboxylic acids is 3. The maximum atomic E-state index is 14.2. The van der Waals surface area contributed by atoms with E-state index in [9.17, 15) is 19.2 Å². The Balaban J connectivity index is 1.60. The number of nitrogens with zero attached hydrogens (tertiary/aromatic N) is 2. The second-order valence-corrected chi connectivity index (χ2v) is 12.2. The molecule has 6 rings (SSSR count). The minimum atomic E-state index is -1.15. The average Bonchev–Trinajstić information content (AvgIpc) is 3.49. The molecule has 3 aliphatic heterocycles. The maximum Gasteiger partial charge on any atom is 0.347 e. The van der Waals surface area contributed by atoms with Crippen molar-refractivity contribution < 1.29 is 28.3 Å². The number of carbonyl (C=O) groups is 3. The number of ketones is 1. The highest BCUT2D eigenvalue weighted by Crippen LogP contribution is 2.59. The summed E-state index contributed by atoms with van der Waals surface area (Å²) in [6, 6.07) is 10.9. The lowest BCUT2D eigenvalue weighted by Crippen LogP contribution is -2.64. The van der Waals surface area contributed by atoms with Crippen molar-refractivity contribution in [3.63, 3.8) is 0 Å². The van der Waals surface area contributed by atoms with Crippen molar-refractivity contribution in [2.75, 3.05) is 32.5 Å². The van der Waals surface area contributed by atoms with Crippen molar-refractivity contribution in [3.05, 3.63) is 64.2 Å². The largest absolute Gasteiger partial charge is 0.497 e. The Bertz CT molecular complexity index is 1700. The predicted octanol–water partition coefficient (Wildman–Crippen LogP) is 3.88. The number of likely N-dealkylation sites (N-methyl/N-ethyl adjacent to an activating group) is 1. The third-order valence-corrected chi connectivity index (χ3v) is 9.48.